The number of nitrogens with zero attached hydrogens (tertiary/aromatic N) is 1. The normalized spacial score (nSPS) is 18.3. The standard InChI is InChI=1S/C15H23N3O/c1-14(2,16)13(19)18-11-15(8-4-5-9-15)12-7-3-6-10-17-12/h3,6-7,10H,4-5,8-9,11,16H2,1-2H3,(H,18,19). The van der Waals surface area contributed by atoms with Gasteiger partial charge in [0, 0.05) is 23.9 Å². The van der Waals surface area contributed by atoms with Crippen LogP contribution >= 0.6 is 0 Å². The number of nitrogens with two attached hydrogens (primary N) is 1. The maximum absolute atomic E-state index is 11.9. The number of hydrogen-bond donors (Lipinski definition) is 2. The van der Waals surface area contributed by atoms with E-state index in [0.29, 0.717) is 6.54 Å². The maximum Gasteiger partial charge on any atom is 0.239 e. The Balaban J connectivity index is 2.12. The Kier molecular flexibility index (Phi) is 3.90. The fraction of sp³-hybridized carbons (Fsp3) is 0.600. The van der Waals surface area contributed by atoms with E-state index in [1.807, 2.05) is 18.3 Å². The van der Waals surface area contributed by atoms with Gasteiger partial charge in [0.05, 0.1) is 5.54 Å². The molecule has 0 spiro atoms. The van der Waals surface area contributed by atoms with Crippen molar-refractivity contribution in [2.45, 2.75) is 50.5 Å². The molecule has 0 aromatic carbocycles. The fourth-order valence-corrected chi connectivity index (χ4v) is 2.73. The number of carbonyl (C=O) groups excluding carboxylic acids is 1. The van der Waals surface area contributed by atoms with Crippen LogP contribution in [0.2, 0.25) is 0 Å². The minimum absolute atomic E-state index is 0.0117. The van der Waals surface area contributed by atoms with E-state index in [4.69, 9.17) is 5.73 Å². The molecule has 0 unspecified atom stereocenters. The van der Waals surface area contributed by atoms with Crippen molar-refractivity contribution < 1.29 is 4.79 Å². The second kappa shape index (κ2) is 5.29. The number of nitrogens with one attached hydrogen (secondary N) is 1. The van der Waals surface area contributed by atoms with E-state index in [1.54, 1.807) is 13.8 Å². The Morgan fingerprint density at radius 3 is 2.63 bits per heavy atom. The summed E-state index contributed by atoms with van der Waals surface area (Å²) in [6.07, 6.45) is 6.37. The summed E-state index contributed by atoms with van der Waals surface area (Å²) in [4.78, 5) is 16.4. The van der Waals surface area contributed by atoms with Crippen LogP contribution in [0.4, 0.5) is 0 Å². The predicted octanol–water partition coefficient (Wildman–Crippen LogP) is 1.75. The van der Waals surface area contributed by atoms with Gasteiger partial charge < -0.3 is 11.1 Å². The van der Waals surface area contributed by atoms with Crippen molar-refractivity contribution in [3.05, 3.63) is 30.1 Å². The van der Waals surface area contributed by atoms with Crippen LogP contribution in [-0.4, -0.2) is 23.0 Å². The third kappa shape index (κ3) is 3.13. The Labute approximate surface area is 114 Å². The molecular formula is C15H23N3O. The van der Waals surface area contributed by atoms with E-state index in [2.05, 4.69) is 16.4 Å². The minimum Gasteiger partial charge on any atom is -0.354 e. The van der Waals surface area contributed by atoms with E-state index < -0.39 is 5.54 Å². The lowest BCUT2D eigenvalue weighted by molar-refractivity contribution is -0.125. The smallest absolute Gasteiger partial charge is 0.239 e. The molecule has 3 N–H and O–H groups in total. The molecule has 0 radical (unpaired) electrons. The first-order valence-electron chi connectivity index (χ1n) is 6.93. The van der Waals surface area contributed by atoms with E-state index >= 15 is 0 Å². The van der Waals surface area contributed by atoms with Gasteiger partial charge >= 0.3 is 0 Å². The van der Waals surface area contributed by atoms with Crippen LogP contribution < -0.4 is 11.1 Å². The molecule has 0 bridgehead atoms. The quantitative estimate of drug-likeness (QED) is 0.867. The van der Waals surface area contributed by atoms with E-state index in [1.165, 1.54) is 12.8 Å². The van der Waals surface area contributed by atoms with E-state index in [0.717, 1.165) is 18.5 Å². The van der Waals surface area contributed by atoms with Crippen molar-refractivity contribution in [2.75, 3.05) is 6.54 Å². The lowest BCUT2D eigenvalue weighted by atomic mass is 9.82. The zero-order chi connectivity index (χ0) is 13.9. The molecule has 1 saturated carbocycles. The van der Waals surface area contributed by atoms with Crippen molar-refractivity contribution in [1.29, 1.82) is 0 Å². The summed E-state index contributed by atoms with van der Waals surface area (Å²) >= 11 is 0. The molecule has 0 saturated heterocycles. The van der Waals surface area contributed by atoms with Crippen molar-refractivity contribution in [3.63, 3.8) is 0 Å². The van der Waals surface area contributed by atoms with Gasteiger partial charge in [-0.25, -0.2) is 0 Å². The molecule has 19 heavy (non-hydrogen) atoms. The van der Waals surface area contributed by atoms with Gasteiger partial charge in [-0.05, 0) is 38.8 Å². The second-order valence-electron chi connectivity index (χ2n) is 6.11. The van der Waals surface area contributed by atoms with Crippen LogP contribution in [0.25, 0.3) is 0 Å². The number of carbonyl (C=O) groups is 1. The van der Waals surface area contributed by atoms with Gasteiger partial charge in [-0.15, -0.1) is 0 Å². The second-order valence-corrected chi connectivity index (χ2v) is 6.11. The Hall–Kier alpha value is -1.42. The highest BCUT2D eigenvalue weighted by molar-refractivity contribution is 5.85. The molecule has 0 atom stereocenters. The molecule has 1 fully saturated rings. The lowest BCUT2D eigenvalue weighted by Gasteiger charge is -2.30. The van der Waals surface area contributed by atoms with Crippen molar-refractivity contribution >= 4 is 5.91 Å². The van der Waals surface area contributed by atoms with Gasteiger partial charge in [-0.3, -0.25) is 9.78 Å². The zero-order valence-corrected chi connectivity index (χ0v) is 11.8. The van der Waals surface area contributed by atoms with Gasteiger partial charge in [0.15, 0.2) is 0 Å². The van der Waals surface area contributed by atoms with Crippen LogP contribution in [0.1, 0.15) is 45.2 Å². The Morgan fingerprint density at radius 1 is 1.42 bits per heavy atom. The van der Waals surface area contributed by atoms with Crippen LogP contribution in [0, 0.1) is 0 Å². The molecule has 4 heteroatoms. The molecule has 0 aliphatic heterocycles. The predicted molar refractivity (Wildman–Crippen MR) is 75.7 cm³/mol. The number of amides is 1. The molecule has 1 amide bonds. The molecule has 1 aliphatic carbocycles. The first-order chi connectivity index (χ1) is 8.94. The fourth-order valence-electron chi connectivity index (χ4n) is 2.73. The summed E-state index contributed by atoms with van der Waals surface area (Å²) in [5.74, 6) is -0.102. The summed E-state index contributed by atoms with van der Waals surface area (Å²) in [6, 6.07) is 6.00. The first-order valence-corrected chi connectivity index (χ1v) is 6.93. The van der Waals surface area contributed by atoms with Gasteiger partial charge in [0.1, 0.15) is 0 Å². The average Bonchev–Trinajstić information content (AvgIpc) is 2.86. The summed E-state index contributed by atoms with van der Waals surface area (Å²) in [5, 5.41) is 3.00. The monoisotopic (exact) mass is 261 g/mol. The lowest BCUT2D eigenvalue weighted by Crippen LogP contribution is -2.52. The summed E-state index contributed by atoms with van der Waals surface area (Å²) < 4.78 is 0. The summed E-state index contributed by atoms with van der Waals surface area (Å²) in [7, 11) is 0. The maximum atomic E-state index is 11.9. The average molecular weight is 261 g/mol. The van der Waals surface area contributed by atoms with Crippen molar-refractivity contribution in [3.8, 4) is 0 Å². The highest BCUT2D eigenvalue weighted by Gasteiger charge is 2.37. The topological polar surface area (TPSA) is 68.0 Å². The van der Waals surface area contributed by atoms with Gasteiger partial charge in [-0.1, -0.05) is 18.9 Å². The number of aromatic nitrogens is 1. The van der Waals surface area contributed by atoms with Crippen molar-refractivity contribution in [2.24, 2.45) is 5.73 Å². The number of hydrogen-bond acceptors (Lipinski definition) is 3. The number of rotatable bonds is 4. The first kappa shape index (κ1) is 14.0. The Morgan fingerprint density at radius 2 is 2.11 bits per heavy atom. The van der Waals surface area contributed by atoms with Gasteiger partial charge in [0.25, 0.3) is 0 Å². The molecule has 1 aliphatic rings. The van der Waals surface area contributed by atoms with Crippen molar-refractivity contribution in [1.82, 2.24) is 10.3 Å². The van der Waals surface area contributed by atoms with Gasteiger partial charge in [-0.2, -0.15) is 0 Å². The van der Waals surface area contributed by atoms with E-state index in [9.17, 15) is 4.79 Å². The van der Waals surface area contributed by atoms with Crippen LogP contribution in [0.15, 0.2) is 24.4 Å². The number of pyridine rings is 1. The molecule has 104 valence electrons. The third-order valence-corrected chi connectivity index (χ3v) is 3.94. The molecule has 1 aromatic heterocycles. The van der Waals surface area contributed by atoms with Crippen LogP contribution in [0.3, 0.4) is 0 Å². The van der Waals surface area contributed by atoms with E-state index in [-0.39, 0.29) is 11.3 Å². The SMILES string of the molecule is CC(C)(N)C(=O)NCC1(c2ccccn2)CCCC1. The van der Waals surface area contributed by atoms with Crippen LogP contribution in [-0.2, 0) is 10.2 Å². The molecule has 2 rings (SSSR count). The summed E-state index contributed by atoms with van der Waals surface area (Å²) in [5.41, 5.74) is 6.06. The molecule has 1 aromatic rings. The molecule has 4 nitrogen and oxygen atoms in total. The highest BCUT2D eigenvalue weighted by Crippen LogP contribution is 2.39. The highest BCUT2D eigenvalue weighted by atomic mass is 16.2. The zero-order valence-electron chi connectivity index (χ0n) is 11.8. The third-order valence-electron chi connectivity index (χ3n) is 3.94. The van der Waals surface area contributed by atoms with Gasteiger partial charge in [0.2, 0.25) is 5.91 Å². The Bertz CT molecular complexity index is 430. The largest absolute Gasteiger partial charge is 0.354 e. The minimum atomic E-state index is -0.829. The molecular weight excluding hydrogens is 238 g/mol. The molecule has 1 heterocycles. The summed E-state index contributed by atoms with van der Waals surface area (Å²) in [6.45, 7) is 4.08. The van der Waals surface area contributed by atoms with Crippen LogP contribution in [0.5, 0.6) is 0 Å².